The fourth-order valence-corrected chi connectivity index (χ4v) is 3.10. The Bertz CT molecular complexity index is 593. The van der Waals surface area contributed by atoms with Crippen LogP contribution in [0.1, 0.15) is 48.5 Å². The molecule has 1 unspecified atom stereocenters. The van der Waals surface area contributed by atoms with Crippen LogP contribution in [-0.4, -0.2) is 0 Å². The van der Waals surface area contributed by atoms with Crippen molar-refractivity contribution in [2.45, 2.75) is 38.3 Å². The van der Waals surface area contributed by atoms with E-state index < -0.39 is 0 Å². The molecule has 0 bridgehead atoms. The lowest BCUT2D eigenvalue weighted by Gasteiger charge is -2.29. The molecule has 0 heterocycles. The number of rotatable bonds is 3. The van der Waals surface area contributed by atoms with Crippen molar-refractivity contribution in [2.24, 2.45) is 0 Å². The molecule has 0 amide bonds. The topological polar surface area (TPSA) is 12.0 Å². The predicted molar refractivity (Wildman–Crippen MR) is 80.1 cm³/mol. The van der Waals surface area contributed by atoms with E-state index in [1.165, 1.54) is 30.0 Å². The highest BCUT2D eigenvalue weighted by Gasteiger charge is 2.21. The number of halogens is 1. The van der Waals surface area contributed by atoms with E-state index in [9.17, 15) is 4.39 Å². The molecule has 104 valence electrons. The zero-order chi connectivity index (χ0) is 13.9. The first-order chi connectivity index (χ1) is 9.74. The molecule has 3 rings (SSSR count). The van der Waals surface area contributed by atoms with E-state index in [4.69, 9.17) is 0 Å². The molecule has 2 atom stereocenters. The zero-order valence-corrected chi connectivity index (χ0v) is 11.8. The Hall–Kier alpha value is -1.67. The third-order valence-corrected chi connectivity index (χ3v) is 4.17. The normalized spacial score (nSPS) is 19.4. The number of aryl methyl sites for hydroxylation is 1. The predicted octanol–water partition coefficient (Wildman–Crippen LogP) is 4.55. The minimum absolute atomic E-state index is 0.154. The van der Waals surface area contributed by atoms with E-state index in [1.807, 2.05) is 6.07 Å². The molecule has 2 aromatic rings. The minimum Gasteiger partial charge on any atom is -0.303 e. The number of nitrogens with one attached hydrogen (secondary N) is 1. The Morgan fingerprint density at radius 2 is 2.00 bits per heavy atom. The van der Waals surface area contributed by atoms with E-state index in [1.54, 1.807) is 12.1 Å². The van der Waals surface area contributed by atoms with Crippen LogP contribution < -0.4 is 5.32 Å². The lowest BCUT2D eigenvalue weighted by molar-refractivity contribution is 0.414. The maximum Gasteiger partial charge on any atom is 0.123 e. The van der Waals surface area contributed by atoms with E-state index in [2.05, 4.69) is 36.5 Å². The molecule has 0 spiro atoms. The van der Waals surface area contributed by atoms with Gasteiger partial charge in [0.2, 0.25) is 0 Å². The fourth-order valence-electron chi connectivity index (χ4n) is 3.10. The quantitative estimate of drug-likeness (QED) is 0.861. The van der Waals surface area contributed by atoms with Crippen molar-refractivity contribution in [3.05, 3.63) is 71.0 Å². The van der Waals surface area contributed by atoms with Crippen LogP contribution >= 0.6 is 0 Å². The van der Waals surface area contributed by atoms with Crippen molar-refractivity contribution in [3.63, 3.8) is 0 Å². The van der Waals surface area contributed by atoms with Crippen molar-refractivity contribution in [1.82, 2.24) is 5.32 Å². The molecule has 0 fully saturated rings. The molecule has 2 aromatic carbocycles. The van der Waals surface area contributed by atoms with E-state index >= 15 is 0 Å². The summed E-state index contributed by atoms with van der Waals surface area (Å²) in [5.41, 5.74) is 3.86. The van der Waals surface area contributed by atoms with Gasteiger partial charge < -0.3 is 5.32 Å². The van der Waals surface area contributed by atoms with Gasteiger partial charge in [-0.05, 0) is 55.0 Å². The summed E-state index contributed by atoms with van der Waals surface area (Å²) in [6, 6.07) is 16.0. The molecule has 1 N–H and O–H groups in total. The third-order valence-electron chi connectivity index (χ3n) is 4.17. The Balaban J connectivity index is 1.79. The van der Waals surface area contributed by atoms with Crippen molar-refractivity contribution < 1.29 is 4.39 Å². The molecule has 1 nitrogen and oxygen atoms in total. The van der Waals surface area contributed by atoms with Crippen LogP contribution in [0.15, 0.2) is 48.5 Å². The molecule has 1 aliphatic carbocycles. The summed E-state index contributed by atoms with van der Waals surface area (Å²) in [4.78, 5) is 0. The van der Waals surface area contributed by atoms with Gasteiger partial charge in [0.05, 0.1) is 0 Å². The summed E-state index contributed by atoms with van der Waals surface area (Å²) in [5, 5.41) is 3.65. The van der Waals surface area contributed by atoms with E-state index in [-0.39, 0.29) is 11.9 Å². The number of fused-ring (bicyclic) bond motifs is 1. The van der Waals surface area contributed by atoms with Crippen molar-refractivity contribution in [2.75, 3.05) is 0 Å². The van der Waals surface area contributed by atoms with Gasteiger partial charge in [-0.1, -0.05) is 36.4 Å². The van der Waals surface area contributed by atoms with Crippen LogP contribution in [0.3, 0.4) is 0 Å². The van der Waals surface area contributed by atoms with Crippen LogP contribution in [0, 0.1) is 5.82 Å². The molecule has 0 saturated carbocycles. The monoisotopic (exact) mass is 269 g/mol. The molecule has 20 heavy (non-hydrogen) atoms. The summed E-state index contributed by atoms with van der Waals surface area (Å²) in [6.07, 6.45) is 3.53. The summed E-state index contributed by atoms with van der Waals surface area (Å²) in [6.45, 7) is 2.10. The summed E-state index contributed by atoms with van der Waals surface area (Å²) in [7, 11) is 0. The Morgan fingerprint density at radius 1 is 1.15 bits per heavy atom. The fraction of sp³-hybridized carbons (Fsp3) is 0.333. The highest BCUT2D eigenvalue weighted by atomic mass is 19.1. The molecular formula is C18H20FN. The maximum atomic E-state index is 13.3. The van der Waals surface area contributed by atoms with Crippen LogP contribution in [0.25, 0.3) is 0 Å². The first-order valence-corrected chi connectivity index (χ1v) is 7.33. The van der Waals surface area contributed by atoms with E-state index in [0.29, 0.717) is 6.04 Å². The highest BCUT2D eigenvalue weighted by Crippen LogP contribution is 2.31. The van der Waals surface area contributed by atoms with Gasteiger partial charge in [-0.2, -0.15) is 0 Å². The first-order valence-electron chi connectivity index (χ1n) is 7.33. The van der Waals surface area contributed by atoms with Crippen molar-refractivity contribution in [1.29, 1.82) is 0 Å². The molecule has 0 aliphatic heterocycles. The van der Waals surface area contributed by atoms with Crippen LogP contribution in [-0.2, 0) is 6.42 Å². The van der Waals surface area contributed by atoms with Gasteiger partial charge in [0, 0.05) is 12.1 Å². The van der Waals surface area contributed by atoms with Gasteiger partial charge in [-0.25, -0.2) is 4.39 Å². The molecule has 0 saturated heterocycles. The zero-order valence-electron chi connectivity index (χ0n) is 11.8. The van der Waals surface area contributed by atoms with Gasteiger partial charge in [-0.15, -0.1) is 0 Å². The van der Waals surface area contributed by atoms with Crippen LogP contribution in [0.2, 0.25) is 0 Å². The number of hydrogen-bond acceptors (Lipinski definition) is 1. The van der Waals surface area contributed by atoms with Gasteiger partial charge >= 0.3 is 0 Å². The smallest absolute Gasteiger partial charge is 0.123 e. The van der Waals surface area contributed by atoms with Gasteiger partial charge in [0.15, 0.2) is 0 Å². The average molecular weight is 269 g/mol. The highest BCUT2D eigenvalue weighted by molar-refractivity contribution is 5.32. The lowest BCUT2D eigenvalue weighted by atomic mass is 9.87. The average Bonchev–Trinajstić information content (AvgIpc) is 2.47. The second-order valence-electron chi connectivity index (χ2n) is 5.59. The number of benzene rings is 2. The molecule has 0 radical (unpaired) electrons. The van der Waals surface area contributed by atoms with Gasteiger partial charge in [0.1, 0.15) is 5.82 Å². The standard InChI is InChI=1S/C18H20FN/c1-13(15-8-4-9-16(19)12-15)20-18-11-5-7-14-6-2-3-10-17(14)18/h2-4,6,8-10,12-13,18,20H,5,7,11H2,1H3/t13-,18?/m0/s1. The van der Waals surface area contributed by atoms with Crippen molar-refractivity contribution in [3.8, 4) is 0 Å². The maximum absolute atomic E-state index is 13.3. The summed E-state index contributed by atoms with van der Waals surface area (Å²) < 4.78 is 13.3. The Kier molecular flexibility index (Phi) is 3.83. The van der Waals surface area contributed by atoms with E-state index in [0.717, 1.165) is 12.0 Å². The van der Waals surface area contributed by atoms with Crippen molar-refractivity contribution >= 4 is 0 Å². The molecular weight excluding hydrogens is 249 g/mol. The van der Waals surface area contributed by atoms with Gasteiger partial charge in [-0.3, -0.25) is 0 Å². The summed E-state index contributed by atoms with van der Waals surface area (Å²) >= 11 is 0. The molecule has 2 heteroatoms. The largest absolute Gasteiger partial charge is 0.303 e. The van der Waals surface area contributed by atoms with Crippen LogP contribution in [0.4, 0.5) is 4.39 Å². The third kappa shape index (κ3) is 2.75. The second kappa shape index (κ2) is 5.76. The van der Waals surface area contributed by atoms with Crippen LogP contribution in [0.5, 0.6) is 0 Å². The van der Waals surface area contributed by atoms with Gasteiger partial charge in [0.25, 0.3) is 0 Å². The minimum atomic E-state index is -0.166. The SMILES string of the molecule is C[C@H](NC1CCCc2ccccc21)c1cccc(F)c1. The Labute approximate surface area is 119 Å². The second-order valence-corrected chi connectivity index (χ2v) is 5.59. The molecule has 0 aromatic heterocycles. The Morgan fingerprint density at radius 3 is 2.85 bits per heavy atom. The number of hydrogen-bond donors (Lipinski definition) is 1. The first kappa shape index (κ1) is 13.3. The lowest BCUT2D eigenvalue weighted by Crippen LogP contribution is -2.27. The molecule has 1 aliphatic rings. The summed E-state index contributed by atoms with van der Waals surface area (Å²) in [5.74, 6) is -0.166.